The second-order valence-electron chi connectivity index (χ2n) is 10.4. The van der Waals surface area contributed by atoms with Crippen LogP contribution in [0, 0.1) is 12.3 Å². The Morgan fingerprint density at radius 2 is 1.03 bits per heavy atom. The van der Waals surface area contributed by atoms with E-state index in [0.29, 0.717) is 11.1 Å². The molecule has 1 saturated heterocycles. The minimum absolute atomic E-state index is 0.238. The van der Waals surface area contributed by atoms with E-state index in [-0.39, 0.29) is 22.3 Å². The van der Waals surface area contributed by atoms with Crippen LogP contribution in [0.5, 0.6) is 0 Å². The Morgan fingerprint density at radius 3 is 1.51 bits per heavy atom. The summed E-state index contributed by atoms with van der Waals surface area (Å²) in [5.74, 6) is -3.10. The number of hydrogen-bond donors (Lipinski definition) is 0. The third-order valence-electron chi connectivity index (χ3n) is 8.42. The van der Waals surface area contributed by atoms with Gasteiger partial charge in [0, 0.05) is 26.7 Å². The highest BCUT2D eigenvalue weighted by atomic mass is 79.9. The lowest BCUT2D eigenvalue weighted by Gasteiger charge is -2.34. The van der Waals surface area contributed by atoms with Crippen molar-refractivity contribution < 1.29 is 23.9 Å². The molecule has 0 saturated carbocycles. The van der Waals surface area contributed by atoms with E-state index < -0.39 is 46.2 Å². The molecule has 0 aromatic heterocycles. The summed E-state index contributed by atoms with van der Waals surface area (Å²) < 4.78 is 7.50. The summed E-state index contributed by atoms with van der Waals surface area (Å²) in [5.41, 5.74) is -0.879. The van der Waals surface area contributed by atoms with Crippen molar-refractivity contribution >= 4 is 39.1 Å². The van der Waals surface area contributed by atoms with Gasteiger partial charge in [0.25, 0.3) is 0 Å². The Labute approximate surface area is 232 Å². The molecule has 2 atom stereocenters. The van der Waals surface area contributed by atoms with Gasteiger partial charge in [-0.3, -0.25) is 19.2 Å². The van der Waals surface area contributed by atoms with Crippen molar-refractivity contribution in [2.75, 3.05) is 0 Å². The van der Waals surface area contributed by atoms with Crippen LogP contribution in [0.2, 0.25) is 0 Å². The van der Waals surface area contributed by atoms with E-state index in [9.17, 15) is 19.2 Å². The Hall–Kier alpha value is -4.00. The SMILES string of the molecule is Cc1ccc([C@H]2C3(O[C@@H](c4ccc(Br)cc4)C24C(=O)c2ccccc2C4=O)C(=O)c2ccccc2C3=O)cc1. The van der Waals surface area contributed by atoms with E-state index in [1.165, 1.54) is 0 Å². The fourth-order valence-electron chi connectivity index (χ4n) is 6.72. The van der Waals surface area contributed by atoms with Gasteiger partial charge in [0.1, 0.15) is 11.5 Å². The van der Waals surface area contributed by atoms with Gasteiger partial charge in [0.2, 0.25) is 17.2 Å². The highest BCUT2D eigenvalue weighted by Crippen LogP contribution is 2.67. The van der Waals surface area contributed by atoms with Crippen LogP contribution in [-0.4, -0.2) is 28.7 Å². The maximum Gasteiger partial charge on any atom is 0.204 e. The molecule has 4 aromatic carbocycles. The van der Waals surface area contributed by atoms with Gasteiger partial charge in [0.15, 0.2) is 11.6 Å². The summed E-state index contributed by atoms with van der Waals surface area (Å²) in [6.07, 6.45) is -1.17. The smallest absolute Gasteiger partial charge is 0.204 e. The summed E-state index contributed by atoms with van der Waals surface area (Å²) in [5, 5.41) is 0. The van der Waals surface area contributed by atoms with Crippen LogP contribution < -0.4 is 0 Å². The number of ketones is 4. The number of halogens is 1. The maximum atomic E-state index is 14.6. The van der Waals surface area contributed by atoms with Crippen molar-refractivity contribution in [3.8, 4) is 0 Å². The summed E-state index contributed by atoms with van der Waals surface area (Å²) in [4.78, 5) is 58.0. The van der Waals surface area contributed by atoms with Gasteiger partial charge < -0.3 is 4.74 Å². The van der Waals surface area contributed by atoms with Crippen LogP contribution in [0.3, 0.4) is 0 Å². The average molecular weight is 577 g/mol. The summed E-state index contributed by atoms with van der Waals surface area (Å²) in [6.45, 7) is 1.93. The molecule has 7 rings (SSSR count). The van der Waals surface area contributed by atoms with Crippen LogP contribution in [0.25, 0.3) is 0 Å². The molecular weight excluding hydrogens is 556 g/mol. The van der Waals surface area contributed by atoms with Crippen LogP contribution in [-0.2, 0) is 4.74 Å². The Balaban J connectivity index is 1.59. The molecule has 6 heteroatoms. The Bertz CT molecular complexity index is 1660. The summed E-state index contributed by atoms with van der Waals surface area (Å²) in [7, 11) is 0. The lowest BCUT2D eigenvalue weighted by atomic mass is 9.60. The van der Waals surface area contributed by atoms with Crippen molar-refractivity contribution in [3.63, 3.8) is 0 Å². The molecule has 0 bridgehead atoms. The van der Waals surface area contributed by atoms with Crippen LogP contribution in [0.4, 0.5) is 0 Å². The molecule has 0 unspecified atom stereocenters. The van der Waals surface area contributed by atoms with Gasteiger partial charge in [0.05, 0.1) is 5.92 Å². The quantitative estimate of drug-likeness (QED) is 0.255. The molecule has 1 fully saturated rings. The molecule has 2 spiro atoms. The zero-order valence-corrected chi connectivity index (χ0v) is 22.4. The number of hydrogen-bond acceptors (Lipinski definition) is 5. The zero-order chi connectivity index (χ0) is 27.1. The maximum absolute atomic E-state index is 14.6. The van der Waals surface area contributed by atoms with Crippen molar-refractivity contribution in [1.29, 1.82) is 0 Å². The van der Waals surface area contributed by atoms with E-state index in [1.54, 1.807) is 84.9 Å². The van der Waals surface area contributed by atoms with Gasteiger partial charge in [-0.25, -0.2) is 0 Å². The fraction of sp³-hybridized carbons (Fsp3) is 0.152. The normalized spacial score (nSPS) is 22.1. The monoisotopic (exact) mass is 576 g/mol. The minimum Gasteiger partial charge on any atom is -0.348 e. The minimum atomic E-state index is -2.08. The van der Waals surface area contributed by atoms with Gasteiger partial charge in [-0.05, 0) is 30.2 Å². The molecule has 2 aliphatic carbocycles. The van der Waals surface area contributed by atoms with Crippen molar-refractivity contribution in [2.45, 2.75) is 24.5 Å². The molecule has 4 aromatic rings. The third kappa shape index (κ3) is 2.93. The van der Waals surface area contributed by atoms with Crippen LogP contribution in [0.15, 0.2) is 102 Å². The molecule has 1 heterocycles. The zero-order valence-electron chi connectivity index (χ0n) is 20.8. The number of carbonyl (C=O) groups is 4. The fourth-order valence-corrected chi connectivity index (χ4v) is 6.99. The molecule has 1 aliphatic heterocycles. The molecule has 0 amide bonds. The van der Waals surface area contributed by atoms with E-state index in [4.69, 9.17) is 4.74 Å². The van der Waals surface area contributed by atoms with E-state index in [0.717, 1.165) is 10.0 Å². The molecular formula is C33H21BrO5. The predicted molar refractivity (Wildman–Crippen MR) is 147 cm³/mol. The second-order valence-corrected chi connectivity index (χ2v) is 11.3. The first-order chi connectivity index (χ1) is 18.8. The highest BCUT2D eigenvalue weighted by molar-refractivity contribution is 9.10. The molecule has 0 N–H and O–H groups in total. The van der Waals surface area contributed by atoms with Crippen molar-refractivity contribution in [1.82, 2.24) is 0 Å². The number of ether oxygens (including phenoxy) is 1. The van der Waals surface area contributed by atoms with Gasteiger partial charge in [-0.1, -0.05) is 106 Å². The number of carbonyl (C=O) groups excluding carboxylic acids is 4. The first kappa shape index (κ1) is 24.1. The van der Waals surface area contributed by atoms with Crippen LogP contribution in [0.1, 0.15) is 70.1 Å². The van der Waals surface area contributed by atoms with E-state index in [2.05, 4.69) is 15.9 Å². The molecule has 39 heavy (non-hydrogen) atoms. The summed E-state index contributed by atoms with van der Waals surface area (Å²) in [6, 6.07) is 27.7. The van der Waals surface area contributed by atoms with Gasteiger partial charge in [-0.15, -0.1) is 0 Å². The number of benzene rings is 4. The first-order valence-corrected chi connectivity index (χ1v) is 13.5. The lowest BCUT2D eigenvalue weighted by molar-refractivity contribution is -0.0210. The molecule has 190 valence electrons. The Morgan fingerprint density at radius 1 is 0.590 bits per heavy atom. The number of Topliss-reactive ketones (excluding diaryl/α,β-unsaturated/α-hetero) is 4. The summed E-state index contributed by atoms with van der Waals surface area (Å²) >= 11 is 3.45. The van der Waals surface area contributed by atoms with Crippen molar-refractivity contribution in [3.05, 3.63) is 140 Å². The lowest BCUT2D eigenvalue weighted by Crippen LogP contribution is -2.51. The Kier molecular flexibility index (Phi) is 5.09. The number of rotatable bonds is 2. The van der Waals surface area contributed by atoms with Crippen LogP contribution >= 0.6 is 15.9 Å². The van der Waals surface area contributed by atoms with Gasteiger partial charge >= 0.3 is 0 Å². The molecule has 5 nitrogen and oxygen atoms in total. The van der Waals surface area contributed by atoms with E-state index in [1.807, 2.05) is 19.1 Å². The third-order valence-corrected chi connectivity index (χ3v) is 8.95. The topological polar surface area (TPSA) is 77.5 Å². The van der Waals surface area contributed by atoms with Gasteiger partial charge in [-0.2, -0.15) is 0 Å². The second kappa shape index (κ2) is 8.25. The number of fused-ring (bicyclic) bond motifs is 2. The first-order valence-electron chi connectivity index (χ1n) is 12.7. The standard InChI is InChI=1S/C33H21BrO5/c1-18-10-12-19(13-11-18)26-32(27(35)22-6-2-3-7-23(22)28(32)36)31(20-14-16-21(34)17-15-20)39-33(26)29(37)24-8-4-5-9-25(24)30(33)38/h2-17,26,31H,1H3/t26-,31+/m1/s1. The highest BCUT2D eigenvalue weighted by Gasteiger charge is 2.79. The number of aryl methyl sites for hydroxylation is 1. The molecule has 0 radical (unpaired) electrons. The molecule has 3 aliphatic rings. The van der Waals surface area contributed by atoms with E-state index >= 15 is 0 Å². The predicted octanol–water partition coefficient (Wildman–Crippen LogP) is 6.50. The average Bonchev–Trinajstić information content (AvgIpc) is 3.48. The largest absolute Gasteiger partial charge is 0.348 e. The van der Waals surface area contributed by atoms with Crippen molar-refractivity contribution in [2.24, 2.45) is 5.41 Å².